The van der Waals surface area contributed by atoms with Crippen molar-refractivity contribution in [2.24, 2.45) is 4.99 Å². The molecule has 0 radical (unpaired) electrons. The van der Waals surface area contributed by atoms with E-state index in [2.05, 4.69) is 59.6 Å². The normalized spacial score (nSPS) is 31.8. The number of benzene rings is 1. The number of para-hydroxylation sites is 1. The maximum atomic E-state index is 6.14. The van der Waals surface area contributed by atoms with Crippen LogP contribution in [0.1, 0.15) is 5.56 Å². The number of fused-ring (bicyclic) bond motifs is 3. The molecule has 0 saturated carbocycles. The van der Waals surface area contributed by atoms with Crippen molar-refractivity contribution in [2.75, 3.05) is 0 Å². The van der Waals surface area contributed by atoms with Crippen molar-refractivity contribution in [1.29, 1.82) is 0 Å². The molecule has 0 saturated heterocycles. The van der Waals surface area contributed by atoms with Crippen molar-refractivity contribution in [3.05, 3.63) is 77.6 Å². The quantitative estimate of drug-likeness (QED) is 0.688. The predicted molar refractivity (Wildman–Crippen MR) is 74.4 cm³/mol. The van der Waals surface area contributed by atoms with Crippen LogP contribution < -0.4 is 4.74 Å². The molecule has 1 aromatic carbocycles. The van der Waals surface area contributed by atoms with Gasteiger partial charge in [-0.25, -0.2) is 4.99 Å². The molecule has 0 aromatic heterocycles. The van der Waals surface area contributed by atoms with Gasteiger partial charge in [-0.2, -0.15) is 0 Å². The van der Waals surface area contributed by atoms with Crippen molar-refractivity contribution in [2.45, 2.75) is 11.5 Å². The zero-order valence-electron chi connectivity index (χ0n) is 10.2. The number of allylic oxidation sites excluding steroid dienone is 4. The van der Waals surface area contributed by atoms with E-state index in [0.717, 1.165) is 17.2 Å². The minimum Gasteiger partial charge on any atom is -0.484 e. The Morgan fingerprint density at radius 1 is 1.16 bits per heavy atom. The van der Waals surface area contributed by atoms with E-state index in [1.54, 1.807) is 0 Å². The minimum atomic E-state index is -0.179. The number of rotatable bonds is 0. The van der Waals surface area contributed by atoms with Gasteiger partial charge in [-0.3, -0.25) is 0 Å². The van der Waals surface area contributed by atoms with Crippen LogP contribution >= 0.6 is 0 Å². The number of nitrogens with zero attached hydrogens (tertiary/aromatic N) is 1. The van der Waals surface area contributed by atoms with E-state index >= 15 is 0 Å². The van der Waals surface area contributed by atoms with Crippen molar-refractivity contribution in [3.8, 4) is 5.75 Å². The Morgan fingerprint density at radius 3 is 3.11 bits per heavy atom. The highest BCUT2D eigenvalue weighted by molar-refractivity contribution is 6.15. The summed E-state index contributed by atoms with van der Waals surface area (Å²) in [5.74, 6) is 0.990. The second-order valence-electron chi connectivity index (χ2n) is 5.27. The van der Waals surface area contributed by atoms with Crippen LogP contribution in [-0.4, -0.2) is 11.8 Å². The van der Waals surface area contributed by atoms with Gasteiger partial charge in [0, 0.05) is 5.56 Å². The average molecular weight is 245 g/mol. The molecule has 3 heterocycles. The monoisotopic (exact) mass is 245 g/mol. The summed E-state index contributed by atoms with van der Waals surface area (Å²) in [4.78, 5) is 4.62. The highest BCUT2D eigenvalue weighted by atomic mass is 16.5. The molecule has 2 nitrogen and oxygen atoms in total. The van der Waals surface area contributed by atoms with E-state index in [1.165, 1.54) is 11.1 Å². The summed E-state index contributed by atoms with van der Waals surface area (Å²) in [5.41, 5.74) is 4.45. The lowest BCUT2D eigenvalue weighted by Crippen LogP contribution is -2.41. The van der Waals surface area contributed by atoms with E-state index in [1.807, 2.05) is 6.07 Å². The first-order valence-electron chi connectivity index (χ1n) is 6.53. The van der Waals surface area contributed by atoms with Crippen LogP contribution in [0.2, 0.25) is 0 Å². The fourth-order valence-electron chi connectivity index (χ4n) is 3.55. The molecule has 0 N–H and O–H groups in total. The molecule has 4 aliphatic rings. The molecule has 5 rings (SSSR count). The average Bonchev–Trinajstić information content (AvgIpc) is 2.97. The Morgan fingerprint density at radius 2 is 2.11 bits per heavy atom. The van der Waals surface area contributed by atoms with Crippen LogP contribution in [0.5, 0.6) is 5.75 Å². The predicted octanol–water partition coefficient (Wildman–Crippen LogP) is 3.09. The molecular weight excluding hydrogens is 234 g/mol. The van der Waals surface area contributed by atoms with E-state index < -0.39 is 0 Å². The summed E-state index contributed by atoms with van der Waals surface area (Å²) >= 11 is 0. The Hall–Kier alpha value is -2.35. The van der Waals surface area contributed by atoms with Crippen LogP contribution in [0.4, 0.5) is 0 Å². The molecule has 19 heavy (non-hydrogen) atoms. The molecule has 1 aliphatic carbocycles. The van der Waals surface area contributed by atoms with Crippen molar-refractivity contribution in [3.63, 3.8) is 0 Å². The second kappa shape index (κ2) is 2.97. The van der Waals surface area contributed by atoms with Gasteiger partial charge >= 0.3 is 0 Å². The summed E-state index contributed by atoms with van der Waals surface area (Å²) in [6, 6.07) is 8.34. The van der Waals surface area contributed by atoms with Crippen LogP contribution in [0, 0.1) is 0 Å². The molecule has 0 amide bonds. The Labute approximate surface area is 111 Å². The third-order valence-corrected chi connectivity index (χ3v) is 4.34. The van der Waals surface area contributed by atoms with Crippen LogP contribution in [0.25, 0.3) is 0 Å². The standard InChI is InChI=1S/C17H11NO/c1-2-6-15-13(4-1)17-10-11-8-9-14(18-11)12(17)5-3-7-16(17)19-15/h1-10,16H. The second-order valence-corrected chi connectivity index (χ2v) is 5.27. The van der Waals surface area contributed by atoms with Crippen molar-refractivity contribution >= 4 is 5.71 Å². The smallest absolute Gasteiger partial charge is 0.135 e. The zero-order valence-corrected chi connectivity index (χ0v) is 10.2. The zero-order chi connectivity index (χ0) is 12.4. The molecular formula is C17H11NO. The molecule has 2 unspecified atom stereocenters. The van der Waals surface area contributed by atoms with Gasteiger partial charge < -0.3 is 4.74 Å². The van der Waals surface area contributed by atoms with E-state index in [-0.39, 0.29) is 11.5 Å². The number of ether oxygens (including phenoxy) is 1. The summed E-state index contributed by atoms with van der Waals surface area (Å²) in [7, 11) is 0. The molecule has 2 atom stereocenters. The van der Waals surface area contributed by atoms with Crippen LogP contribution in [0.15, 0.2) is 77.0 Å². The lowest BCUT2D eigenvalue weighted by molar-refractivity contribution is 0.238. The van der Waals surface area contributed by atoms with Crippen molar-refractivity contribution < 1.29 is 4.74 Å². The lowest BCUT2D eigenvalue weighted by atomic mass is 9.67. The molecule has 2 bridgehead atoms. The van der Waals surface area contributed by atoms with Gasteiger partial charge in [0.15, 0.2) is 0 Å². The first-order chi connectivity index (χ1) is 9.38. The largest absolute Gasteiger partial charge is 0.484 e. The summed E-state index contributed by atoms with van der Waals surface area (Å²) in [6.45, 7) is 0. The summed E-state index contributed by atoms with van der Waals surface area (Å²) in [6.07, 6.45) is 12.9. The minimum absolute atomic E-state index is 0.0466. The molecule has 0 fully saturated rings. The van der Waals surface area contributed by atoms with Gasteiger partial charge in [-0.15, -0.1) is 0 Å². The van der Waals surface area contributed by atoms with Crippen molar-refractivity contribution in [1.82, 2.24) is 0 Å². The first kappa shape index (κ1) is 9.56. The van der Waals surface area contributed by atoms with Crippen LogP contribution in [0.3, 0.4) is 0 Å². The summed E-state index contributed by atoms with van der Waals surface area (Å²) < 4.78 is 6.14. The number of aliphatic imine (C=N–C) groups is 1. The van der Waals surface area contributed by atoms with Gasteiger partial charge in [0.05, 0.1) is 16.8 Å². The maximum Gasteiger partial charge on any atom is 0.135 e. The summed E-state index contributed by atoms with van der Waals surface area (Å²) in [5, 5.41) is 0. The van der Waals surface area contributed by atoms with Gasteiger partial charge in [0.1, 0.15) is 11.9 Å². The lowest BCUT2D eigenvalue weighted by Gasteiger charge is -2.36. The molecule has 1 aromatic rings. The van der Waals surface area contributed by atoms with Gasteiger partial charge in [0.2, 0.25) is 0 Å². The maximum absolute atomic E-state index is 6.14. The number of hydrogen-bond acceptors (Lipinski definition) is 2. The Kier molecular flexibility index (Phi) is 1.49. The Bertz CT molecular complexity index is 763. The van der Waals surface area contributed by atoms with Gasteiger partial charge in [0.25, 0.3) is 0 Å². The number of hydrogen-bond donors (Lipinski definition) is 0. The highest BCUT2D eigenvalue weighted by Gasteiger charge is 2.52. The third-order valence-electron chi connectivity index (χ3n) is 4.34. The van der Waals surface area contributed by atoms with E-state index in [4.69, 9.17) is 4.74 Å². The Balaban J connectivity index is 1.88. The van der Waals surface area contributed by atoms with Gasteiger partial charge in [-0.1, -0.05) is 30.4 Å². The molecule has 3 aliphatic heterocycles. The van der Waals surface area contributed by atoms with Crippen LogP contribution in [-0.2, 0) is 5.41 Å². The SMILES string of the molecule is C1=CC2Oc3ccccc3C23C=C2C=CC(=N2)C3=C1. The molecule has 1 spiro atoms. The fraction of sp³-hybridized carbons (Fsp3) is 0.118. The first-order valence-corrected chi connectivity index (χ1v) is 6.53. The van der Waals surface area contributed by atoms with E-state index in [9.17, 15) is 0 Å². The highest BCUT2D eigenvalue weighted by Crippen LogP contribution is 2.53. The van der Waals surface area contributed by atoms with E-state index in [0.29, 0.717) is 0 Å². The van der Waals surface area contributed by atoms with Gasteiger partial charge in [-0.05, 0) is 35.9 Å². The topological polar surface area (TPSA) is 21.6 Å². The third kappa shape index (κ3) is 0.976. The fourth-order valence-corrected chi connectivity index (χ4v) is 3.55. The molecule has 2 heteroatoms. The molecule has 90 valence electrons.